The Morgan fingerprint density at radius 1 is 0.781 bits per heavy atom. The number of anilines is 1. The van der Waals surface area contributed by atoms with E-state index in [4.69, 9.17) is 14.2 Å². The molecule has 0 unspecified atom stereocenters. The zero-order valence-electron chi connectivity index (χ0n) is 18.6. The molecule has 0 spiro atoms. The quantitative estimate of drug-likeness (QED) is 0.544. The van der Waals surface area contributed by atoms with Crippen molar-refractivity contribution in [2.75, 3.05) is 44.4 Å². The molecular formula is C27H30N2O3. The molecule has 3 aromatic carbocycles. The zero-order chi connectivity index (χ0) is 21.8. The maximum atomic E-state index is 5.92. The standard InChI is InChI=1S/C27H30N2O3/c1-21-2-8-24(9-3-21)29-16-14-28(15-17-29)13-12-22-4-6-23(7-5-22)19-30-25-10-11-26-27(18-25)32-20-31-26/h2-11,18H,12-17,19-20H2,1H3. The van der Waals surface area contributed by atoms with Crippen LogP contribution in [0.1, 0.15) is 16.7 Å². The fraction of sp³-hybridized carbons (Fsp3) is 0.333. The van der Waals surface area contributed by atoms with Crippen LogP contribution in [0.3, 0.4) is 0 Å². The number of ether oxygens (including phenoxy) is 3. The lowest BCUT2D eigenvalue weighted by molar-refractivity contribution is 0.173. The third kappa shape index (κ3) is 5.00. The largest absolute Gasteiger partial charge is 0.489 e. The van der Waals surface area contributed by atoms with Crippen molar-refractivity contribution < 1.29 is 14.2 Å². The van der Waals surface area contributed by atoms with Gasteiger partial charge in [-0.1, -0.05) is 42.0 Å². The molecule has 5 nitrogen and oxygen atoms in total. The molecule has 0 aliphatic carbocycles. The Hall–Kier alpha value is -3.18. The van der Waals surface area contributed by atoms with Gasteiger partial charge < -0.3 is 19.1 Å². The molecule has 2 aliphatic rings. The third-order valence-corrected chi connectivity index (χ3v) is 6.26. The van der Waals surface area contributed by atoms with Gasteiger partial charge in [0.25, 0.3) is 0 Å². The smallest absolute Gasteiger partial charge is 0.231 e. The van der Waals surface area contributed by atoms with Crippen molar-refractivity contribution in [2.45, 2.75) is 20.0 Å². The van der Waals surface area contributed by atoms with Gasteiger partial charge in [0.15, 0.2) is 11.5 Å². The van der Waals surface area contributed by atoms with Gasteiger partial charge in [-0.25, -0.2) is 0 Å². The van der Waals surface area contributed by atoms with Gasteiger partial charge in [0.05, 0.1) is 0 Å². The van der Waals surface area contributed by atoms with Crippen LogP contribution in [0.5, 0.6) is 17.2 Å². The maximum absolute atomic E-state index is 5.92. The first-order valence-corrected chi connectivity index (χ1v) is 11.4. The van der Waals surface area contributed by atoms with Gasteiger partial charge in [-0.3, -0.25) is 4.90 Å². The van der Waals surface area contributed by atoms with E-state index < -0.39 is 0 Å². The number of benzene rings is 3. The summed E-state index contributed by atoms with van der Waals surface area (Å²) in [4.78, 5) is 5.06. The van der Waals surface area contributed by atoms with Crippen LogP contribution in [0.15, 0.2) is 66.7 Å². The molecule has 5 rings (SSSR count). The van der Waals surface area contributed by atoms with Crippen molar-refractivity contribution in [3.8, 4) is 17.2 Å². The van der Waals surface area contributed by atoms with Crippen LogP contribution < -0.4 is 19.1 Å². The van der Waals surface area contributed by atoms with Crippen LogP contribution in [0.25, 0.3) is 0 Å². The Labute approximate surface area is 190 Å². The number of hydrogen-bond donors (Lipinski definition) is 0. The van der Waals surface area contributed by atoms with E-state index in [-0.39, 0.29) is 6.79 Å². The van der Waals surface area contributed by atoms with E-state index in [1.165, 1.54) is 16.8 Å². The third-order valence-electron chi connectivity index (χ3n) is 6.26. The molecule has 5 heteroatoms. The fourth-order valence-corrected chi connectivity index (χ4v) is 4.21. The van der Waals surface area contributed by atoms with E-state index in [0.717, 1.165) is 62.0 Å². The molecule has 166 valence electrons. The van der Waals surface area contributed by atoms with Gasteiger partial charge in [-0.05, 0) is 48.7 Å². The van der Waals surface area contributed by atoms with Gasteiger partial charge in [0.1, 0.15) is 12.4 Å². The van der Waals surface area contributed by atoms with Crippen LogP contribution in [-0.2, 0) is 13.0 Å². The zero-order valence-corrected chi connectivity index (χ0v) is 18.6. The van der Waals surface area contributed by atoms with Gasteiger partial charge >= 0.3 is 0 Å². The van der Waals surface area contributed by atoms with E-state index in [1.807, 2.05) is 18.2 Å². The monoisotopic (exact) mass is 430 g/mol. The Kier molecular flexibility index (Phi) is 6.17. The first-order chi connectivity index (χ1) is 15.7. The summed E-state index contributed by atoms with van der Waals surface area (Å²) in [5.41, 5.74) is 5.20. The highest BCUT2D eigenvalue weighted by molar-refractivity contribution is 5.48. The Morgan fingerprint density at radius 3 is 2.28 bits per heavy atom. The SMILES string of the molecule is Cc1ccc(N2CCN(CCc3ccc(COc4ccc5c(c4)OCO5)cc3)CC2)cc1. The van der Waals surface area contributed by atoms with E-state index in [2.05, 4.69) is 65.3 Å². The Morgan fingerprint density at radius 2 is 1.50 bits per heavy atom. The van der Waals surface area contributed by atoms with E-state index >= 15 is 0 Å². The summed E-state index contributed by atoms with van der Waals surface area (Å²) in [6.07, 6.45) is 1.08. The second kappa shape index (κ2) is 9.53. The molecule has 1 saturated heterocycles. The summed E-state index contributed by atoms with van der Waals surface area (Å²) in [6, 6.07) is 23.3. The summed E-state index contributed by atoms with van der Waals surface area (Å²) in [5, 5.41) is 0. The lowest BCUT2D eigenvalue weighted by atomic mass is 10.1. The van der Waals surface area contributed by atoms with Gasteiger partial charge in [-0.15, -0.1) is 0 Å². The molecule has 0 radical (unpaired) electrons. The highest BCUT2D eigenvalue weighted by Gasteiger charge is 2.17. The summed E-state index contributed by atoms with van der Waals surface area (Å²) >= 11 is 0. The Balaban J connectivity index is 1.06. The predicted molar refractivity (Wildman–Crippen MR) is 127 cm³/mol. The van der Waals surface area contributed by atoms with Gasteiger partial charge in [0.2, 0.25) is 6.79 Å². The first kappa shape index (κ1) is 20.7. The number of nitrogens with zero attached hydrogens (tertiary/aromatic N) is 2. The molecule has 2 heterocycles. The Bertz CT molecular complexity index is 1030. The van der Waals surface area contributed by atoms with Crippen LogP contribution in [0.2, 0.25) is 0 Å². The topological polar surface area (TPSA) is 34.2 Å². The summed E-state index contributed by atoms with van der Waals surface area (Å²) < 4.78 is 16.7. The van der Waals surface area contributed by atoms with Crippen LogP contribution in [0.4, 0.5) is 5.69 Å². The minimum Gasteiger partial charge on any atom is -0.489 e. The van der Waals surface area contributed by atoms with Crippen LogP contribution >= 0.6 is 0 Å². The molecule has 2 aliphatic heterocycles. The predicted octanol–water partition coefficient (Wildman–Crippen LogP) is 4.67. The molecular weight excluding hydrogens is 400 g/mol. The molecule has 0 saturated carbocycles. The van der Waals surface area contributed by atoms with Crippen molar-refractivity contribution >= 4 is 5.69 Å². The first-order valence-electron chi connectivity index (χ1n) is 11.4. The van der Waals surface area contributed by atoms with Gasteiger partial charge in [-0.2, -0.15) is 0 Å². The summed E-state index contributed by atoms with van der Waals surface area (Å²) in [7, 11) is 0. The van der Waals surface area contributed by atoms with Crippen molar-refractivity contribution in [1.82, 2.24) is 4.90 Å². The van der Waals surface area contributed by atoms with E-state index in [9.17, 15) is 0 Å². The average molecular weight is 431 g/mol. The van der Waals surface area contributed by atoms with Crippen molar-refractivity contribution in [1.29, 1.82) is 0 Å². The molecule has 0 aromatic heterocycles. The highest BCUT2D eigenvalue weighted by atomic mass is 16.7. The van der Waals surface area contributed by atoms with E-state index in [1.54, 1.807) is 0 Å². The second-order valence-corrected chi connectivity index (χ2v) is 8.53. The molecule has 0 N–H and O–H groups in total. The minimum absolute atomic E-state index is 0.280. The lowest BCUT2D eigenvalue weighted by Gasteiger charge is -2.36. The number of piperazine rings is 1. The van der Waals surface area contributed by atoms with Gasteiger partial charge in [0, 0.05) is 44.5 Å². The molecule has 0 bridgehead atoms. The summed E-state index contributed by atoms with van der Waals surface area (Å²) in [5.74, 6) is 2.32. The molecule has 1 fully saturated rings. The lowest BCUT2D eigenvalue weighted by Crippen LogP contribution is -2.47. The summed E-state index contributed by atoms with van der Waals surface area (Å²) in [6.45, 7) is 8.50. The molecule has 32 heavy (non-hydrogen) atoms. The fourth-order valence-electron chi connectivity index (χ4n) is 4.21. The van der Waals surface area contributed by atoms with Crippen molar-refractivity contribution in [3.05, 3.63) is 83.4 Å². The molecule has 0 amide bonds. The average Bonchev–Trinajstić information content (AvgIpc) is 3.31. The molecule has 3 aromatic rings. The van der Waals surface area contributed by atoms with Crippen LogP contribution in [-0.4, -0.2) is 44.4 Å². The van der Waals surface area contributed by atoms with Crippen molar-refractivity contribution in [3.63, 3.8) is 0 Å². The van der Waals surface area contributed by atoms with Crippen molar-refractivity contribution in [2.24, 2.45) is 0 Å². The van der Waals surface area contributed by atoms with Crippen LogP contribution in [0, 0.1) is 6.92 Å². The number of aryl methyl sites for hydroxylation is 1. The number of rotatable bonds is 7. The number of hydrogen-bond acceptors (Lipinski definition) is 5. The minimum atomic E-state index is 0.280. The van der Waals surface area contributed by atoms with E-state index in [0.29, 0.717) is 6.61 Å². The maximum Gasteiger partial charge on any atom is 0.231 e. The second-order valence-electron chi connectivity index (χ2n) is 8.53. The molecule has 0 atom stereocenters. The highest BCUT2D eigenvalue weighted by Crippen LogP contribution is 2.35. The normalized spacial score (nSPS) is 15.7. The number of fused-ring (bicyclic) bond motifs is 1.